The smallest absolute Gasteiger partial charge is 0.196 e. The fourth-order valence-corrected chi connectivity index (χ4v) is 4.83. The molecule has 6 heteroatoms. The van der Waals surface area contributed by atoms with E-state index in [0.717, 1.165) is 21.5 Å². The van der Waals surface area contributed by atoms with Crippen molar-refractivity contribution in [2.24, 2.45) is 0 Å². The number of carbonyl (C=O) groups is 1. The van der Waals surface area contributed by atoms with Gasteiger partial charge in [0.1, 0.15) is 0 Å². The van der Waals surface area contributed by atoms with E-state index in [9.17, 15) is 4.79 Å². The number of thioether (sulfide) groups is 1. The highest BCUT2D eigenvalue weighted by Gasteiger charge is 2.20. The van der Waals surface area contributed by atoms with Crippen molar-refractivity contribution in [3.63, 3.8) is 0 Å². The molecule has 0 fully saturated rings. The maximum absolute atomic E-state index is 12.8. The summed E-state index contributed by atoms with van der Waals surface area (Å²) in [6.45, 7) is 8.67. The number of hydrogen-bond acceptors (Lipinski definition) is 4. The second-order valence-electron chi connectivity index (χ2n) is 9.00. The zero-order chi connectivity index (χ0) is 23.6. The molecule has 4 rings (SSSR count). The van der Waals surface area contributed by atoms with Gasteiger partial charge >= 0.3 is 0 Å². The molecule has 0 saturated carbocycles. The van der Waals surface area contributed by atoms with Crippen molar-refractivity contribution in [3.05, 3.63) is 94.0 Å². The van der Waals surface area contributed by atoms with E-state index in [2.05, 4.69) is 102 Å². The molecule has 0 saturated heterocycles. The number of nitrogens with zero attached hydrogens (tertiary/aromatic N) is 3. The summed E-state index contributed by atoms with van der Waals surface area (Å²) in [5.74, 6) is 1.08. The van der Waals surface area contributed by atoms with E-state index in [1.807, 2.05) is 28.8 Å². The lowest BCUT2D eigenvalue weighted by molar-refractivity contribution is 0.102. The molecule has 4 aromatic rings. The highest BCUT2D eigenvalue weighted by Crippen LogP contribution is 2.31. The Bertz CT molecular complexity index is 1270. The molecule has 0 unspecified atom stereocenters. The normalized spacial score (nSPS) is 11.5. The molecule has 33 heavy (non-hydrogen) atoms. The van der Waals surface area contributed by atoms with Crippen LogP contribution < -0.4 is 0 Å². The van der Waals surface area contributed by atoms with Crippen molar-refractivity contribution >= 4 is 33.5 Å². The number of aryl methyl sites for hydroxylation is 1. The first-order valence-electron chi connectivity index (χ1n) is 10.8. The van der Waals surface area contributed by atoms with Gasteiger partial charge < -0.3 is 0 Å². The number of hydrogen-bond donors (Lipinski definition) is 0. The minimum Gasteiger partial charge on any atom is -0.293 e. The van der Waals surface area contributed by atoms with Crippen molar-refractivity contribution in [1.29, 1.82) is 0 Å². The van der Waals surface area contributed by atoms with Gasteiger partial charge in [0.2, 0.25) is 0 Å². The van der Waals surface area contributed by atoms with Gasteiger partial charge in [0.05, 0.1) is 5.75 Å². The summed E-state index contributed by atoms with van der Waals surface area (Å²) in [5.41, 5.74) is 5.15. The molecule has 168 valence electrons. The van der Waals surface area contributed by atoms with Crippen LogP contribution in [0.15, 0.2) is 82.4 Å². The minimum atomic E-state index is 0.0435. The van der Waals surface area contributed by atoms with Crippen molar-refractivity contribution in [3.8, 4) is 17.1 Å². The van der Waals surface area contributed by atoms with Gasteiger partial charge in [0.25, 0.3) is 0 Å². The largest absolute Gasteiger partial charge is 0.293 e. The Balaban J connectivity index is 1.69. The van der Waals surface area contributed by atoms with Gasteiger partial charge in [-0.1, -0.05) is 109 Å². The van der Waals surface area contributed by atoms with Gasteiger partial charge in [-0.05, 0) is 36.1 Å². The zero-order valence-corrected chi connectivity index (χ0v) is 21.6. The summed E-state index contributed by atoms with van der Waals surface area (Å²) in [5, 5.41) is 9.67. The molecular weight excluding hydrogens is 494 g/mol. The van der Waals surface area contributed by atoms with Crippen LogP contribution in [0.3, 0.4) is 0 Å². The average Bonchev–Trinajstić information content (AvgIpc) is 3.22. The number of aromatic nitrogens is 3. The summed E-state index contributed by atoms with van der Waals surface area (Å²) in [6, 6.07) is 24.2. The molecule has 1 heterocycles. The topological polar surface area (TPSA) is 47.8 Å². The molecule has 0 aliphatic rings. The molecule has 0 aliphatic heterocycles. The molecular formula is C27H26BrN3OS. The third-order valence-electron chi connectivity index (χ3n) is 5.44. The van der Waals surface area contributed by atoms with Gasteiger partial charge in [0, 0.05) is 21.3 Å². The number of rotatable bonds is 6. The molecule has 0 aliphatic carbocycles. The monoisotopic (exact) mass is 519 g/mol. The van der Waals surface area contributed by atoms with E-state index in [0.29, 0.717) is 10.7 Å². The lowest BCUT2D eigenvalue weighted by Crippen LogP contribution is -2.10. The van der Waals surface area contributed by atoms with Gasteiger partial charge in [-0.15, -0.1) is 10.2 Å². The highest BCUT2D eigenvalue weighted by atomic mass is 79.9. The Morgan fingerprint density at radius 3 is 2.24 bits per heavy atom. The standard InChI is InChI=1S/C27H26BrN3OS/c1-18-9-15-21(16-10-18)31-25(19-11-13-20(14-12-19)27(2,3)4)29-30-26(31)33-17-24(32)22-7-5-6-8-23(22)28/h5-16H,17H2,1-4H3. The second-order valence-corrected chi connectivity index (χ2v) is 10.8. The number of Topliss-reactive ketones (excluding diaryl/α,β-unsaturated/α-hetero) is 1. The first-order valence-corrected chi connectivity index (χ1v) is 12.6. The summed E-state index contributed by atoms with van der Waals surface area (Å²) in [7, 11) is 0. The summed E-state index contributed by atoms with van der Waals surface area (Å²) in [6.07, 6.45) is 0. The lowest BCUT2D eigenvalue weighted by Gasteiger charge is -2.19. The van der Waals surface area contributed by atoms with Gasteiger partial charge in [0.15, 0.2) is 16.8 Å². The predicted octanol–water partition coefficient (Wildman–Crippen LogP) is 7.28. The lowest BCUT2D eigenvalue weighted by atomic mass is 9.87. The molecule has 3 aromatic carbocycles. The number of carbonyl (C=O) groups excluding carboxylic acids is 1. The summed E-state index contributed by atoms with van der Waals surface area (Å²) < 4.78 is 2.83. The van der Waals surface area contributed by atoms with Crippen LogP contribution in [0.5, 0.6) is 0 Å². The fraction of sp³-hybridized carbons (Fsp3) is 0.222. The number of halogens is 1. The van der Waals surface area contributed by atoms with Crippen LogP contribution in [0.4, 0.5) is 0 Å². The van der Waals surface area contributed by atoms with Crippen molar-refractivity contribution < 1.29 is 4.79 Å². The van der Waals surface area contributed by atoms with E-state index in [4.69, 9.17) is 0 Å². The zero-order valence-electron chi connectivity index (χ0n) is 19.2. The molecule has 0 spiro atoms. The van der Waals surface area contributed by atoms with E-state index < -0.39 is 0 Å². The van der Waals surface area contributed by atoms with Crippen molar-refractivity contribution in [2.75, 3.05) is 5.75 Å². The first kappa shape index (κ1) is 23.5. The second kappa shape index (κ2) is 9.65. The van der Waals surface area contributed by atoms with Gasteiger partial charge in [-0.3, -0.25) is 9.36 Å². The van der Waals surface area contributed by atoms with Crippen molar-refractivity contribution in [1.82, 2.24) is 14.8 Å². The fourth-order valence-electron chi connectivity index (χ4n) is 3.49. The average molecular weight is 520 g/mol. The van der Waals surface area contributed by atoms with Crippen LogP contribution in [0.1, 0.15) is 42.3 Å². The SMILES string of the molecule is Cc1ccc(-n2c(SCC(=O)c3ccccc3Br)nnc2-c2ccc(C(C)(C)C)cc2)cc1. The Morgan fingerprint density at radius 2 is 1.61 bits per heavy atom. The maximum atomic E-state index is 12.8. The number of benzene rings is 3. The molecule has 0 atom stereocenters. The Labute approximate surface area is 207 Å². The molecule has 4 nitrogen and oxygen atoms in total. The summed E-state index contributed by atoms with van der Waals surface area (Å²) >= 11 is 4.87. The van der Waals surface area contributed by atoms with Crippen LogP contribution in [-0.4, -0.2) is 26.3 Å². The van der Waals surface area contributed by atoms with Crippen LogP contribution in [-0.2, 0) is 5.41 Å². The Morgan fingerprint density at radius 1 is 0.939 bits per heavy atom. The quantitative estimate of drug-likeness (QED) is 0.198. The van der Waals surface area contributed by atoms with E-state index in [1.54, 1.807) is 0 Å². The third kappa shape index (κ3) is 5.28. The molecule has 0 radical (unpaired) electrons. The molecule has 0 N–H and O–H groups in total. The van der Waals surface area contributed by atoms with E-state index in [-0.39, 0.29) is 17.0 Å². The predicted molar refractivity (Wildman–Crippen MR) is 139 cm³/mol. The number of ketones is 1. The first-order chi connectivity index (χ1) is 15.7. The minimum absolute atomic E-state index is 0.0435. The van der Waals surface area contributed by atoms with Crippen LogP contribution in [0.2, 0.25) is 0 Å². The Hall–Kier alpha value is -2.70. The maximum Gasteiger partial charge on any atom is 0.196 e. The van der Waals surface area contributed by atoms with Gasteiger partial charge in [-0.2, -0.15) is 0 Å². The summed E-state index contributed by atoms with van der Waals surface area (Å²) in [4.78, 5) is 12.8. The third-order valence-corrected chi connectivity index (χ3v) is 7.06. The van der Waals surface area contributed by atoms with Crippen LogP contribution in [0, 0.1) is 6.92 Å². The van der Waals surface area contributed by atoms with Crippen molar-refractivity contribution in [2.45, 2.75) is 38.3 Å². The molecule has 1 aromatic heterocycles. The van der Waals surface area contributed by atoms with E-state index in [1.165, 1.54) is 22.9 Å². The Kier molecular flexibility index (Phi) is 6.86. The van der Waals surface area contributed by atoms with Crippen LogP contribution >= 0.6 is 27.7 Å². The highest BCUT2D eigenvalue weighted by molar-refractivity contribution is 9.10. The van der Waals surface area contributed by atoms with E-state index >= 15 is 0 Å². The van der Waals surface area contributed by atoms with Gasteiger partial charge in [-0.25, -0.2) is 0 Å². The molecule has 0 bridgehead atoms. The molecule has 0 amide bonds. The van der Waals surface area contributed by atoms with Crippen LogP contribution in [0.25, 0.3) is 17.1 Å².